The molecule has 0 spiro atoms. The monoisotopic (exact) mass is 192 g/mol. The van der Waals surface area contributed by atoms with Crippen LogP contribution in [0, 0.1) is 12.3 Å². The first-order valence-corrected chi connectivity index (χ1v) is 4.98. The minimum atomic E-state index is 0.275. The molecule has 0 aliphatic carbocycles. The maximum absolute atomic E-state index is 5.89. The van der Waals surface area contributed by atoms with Gasteiger partial charge in [-0.15, -0.1) is 0 Å². The van der Waals surface area contributed by atoms with E-state index in [1.807, 2.05) is 19.1 Å². The van der Waals surface area contributed by atoms with Crippen molar-refractivity contribution >= 4 is 11.4 Å². The molecule has 3 N–H and O–H groups in total. The molecule has 2 heteroatoms. The minimum Gasteiger partial charge on any atom is -0.397 e. The summed E-state index contributed by atoms with van der Waals surface area (Å²) < 4.78 is 0. The lowest BCUT2D eigenvalue weighted by molar-refractivity contribution is 0.443. The third-order valence-electron chi connectivity index (χ3n) is 2.02. The summed E-state index contributed by atoms with van der Waals surface area (Å²) >= 11 is 0. The zero-order chi connectivity index (χ0) is 10.8. The number of nitrogens with two attached hydrogens (primary N) is 1. The van der Waals surface area contributed by atoms with Crippen molar-refractivity contribution in [2.75, 3.05) is 17.6 Å². The number of hydrogen-bond donors (Lipinski definition) is 2. The fourth-order valence-electron chi connectivity index (χ4n) is 1.20. The van der Waals surface area contributed by atoms with Crippen LogP contribution in [-0.2, 0) is 0 Å². The Balaban J connectivity index is 2.68. The standard InChI is InChI=1S/C12H20N2/c1-9-5-6-11(10(13)7-9)14-8-12(2,3)4/h5-7,14H,8,13H2,1-4H3. The Bertz CT molecular complexity index is 311. The van der Waals surface area contributed by atoms with Gasteiger partial charge in [-0.05, 0) is 30.0 Å². The van der Waals surface area contributed by atoms with Crippen LogP contribution >= 0.6 is 0 Å². The molecule has 0 fully saturated rings. The van der Waals surface area contributed by atoms with Crippen LogP contribution in [-0.4, -0.2) is 6.54 Å². The lowest BCUT2D eigenvalue weighted by Gasteiger charge is -2.20. The van der Waals surface area contributed by atoms with Gasteiger partial charge in [0.2, 0.25) is 0 Å². The van der Waals surface area contributed by atoms with Crippen molar-refractivity contribution in [2.45, 2.75) is 27.7 Å². The minimum absolute atomic E-state index is 0.275. The SMILES string of the molecule is Cc1ccc(NCC(C)(C)C)c(N)c1. The summed E-state index contributed by atoms with van der Waals surface area (Å²) in [7, 11) is 0. The van der Waals surface area contributed by atoms with Gasteiger partial charge in [0.15, 0.2) is 0 Å². The summed E-state index contributed by atoms with van der Waals surface area (Å²) in [4.78, 5) is 0. The highest BCUT2D eigenvalue weighted by Gasteiger charge is 2.10. The highest BCUT2D eigenvalue weighted by atomic mass is 14.9. The Morgan fingerprint density at radius 1 is 1.29 bits per heavy atom. The van der Waals surface area contributed by atoms with E-state index in [9.17, 15) is 0 Å². The predicted molar refractivity (Wildman–Crippen MR) is 63.5 cm³/mol. The van der Waals surface area contributed by atoms with Gasteiger partial charge in [-0.3, -0.25) is 0 Å². The fraction of sp³-hybridized carbons (Fsp3) is 0.500. The highest BCUT2D eigenvalue weighted by molar-refractivity contribution is 5.66. The predicted octanol–water partition coefficient (Wildman–Crippen LogP) is 3.04. The first-order valence-electron chi connectivity index (χ1n) is 4.98. The van der Waals surface area contributed by atoms with Crippen LogP contribution in [0.1, 0.15) is 26.3 Å². The van der Waals surface area contributed by atoms with Gasteiger partial charge in [0, 0.05) is 6.54 Å². The highest BCUT2D eigenvalue weighted by Crippen LogP contribution is 2.21. The first-order chi connectivity index (χ1) is 6.38. The molecule has 0 aliphatic heterocycles. The van der Waals surface area contributed by atoms with E-state index in [1.54, 1.807) is 0 Å². The van der Waals surface area contributed by atoms with Crippen LogP contribution in [0.15, 0.2) is 18.2 Å². The molecule has 1 rings (SSSR count). The third kappa shape index (κ3) is 3.29. The van der Waals surface area contributed by atoms with Crippen molar-refractivity contribution in [1.29, 1.82) is 0 Å². The molecule has 1 aromatic carbocycles. The van der Waals surface area contributed by atoms with Crippen LogP contribution in [0.4, 0.5) is 11.4 Å². The van der Waals surface area contributed by atoms with E-state index in [-0.39, 0.29) is 5.41 Å². The Morgan fingerprint density at radius 3 is 2.43 bits per heavy atom. The van der Waals surface area contributed by atoms with Gasteiger partial charge >= 0.3 is 0 Å². The van der Waals surface area contributed by atoms with Gasteiger partial charge in [0.1, 0.15) is 0 Å². The lowest BCUT2D eigenvalue weighted by atomic mass is 9.97. The molecule has 0 aromatic heterocycles. The Kier molecular flexibility index (Phi) is 3.04. The van der Waals surface area contributed by atoms with Crippen molar-refractivity contribution in [2.24, 2.45) is 5.41 Å². The molecule has 14 heavy (non-hydrogen) atoms. The molecule has 0 amide bonds. The molecule has 0 heterocycles. The van der Waals surface area contributed by atoms with Gasteiger partial charge in [-0.1, -0.05) is 26.8 Å². The van der Waals surface area contributed by atoms with Gasteiger partial charge < -0.3 is 11.1 Å². The maximum atomic E-state index is 5.89. The average Bonchev–Trinajstić information content (AvgIpc) is 2.00. The van der Waals surface area contributed by atoms with E-state index in [0.717, 1.165) is 17.9 Å². The van der Waals surface area contributed by atoms with E-state index >= 15 is 0 Å². The van der Waals surface area contributed by atoms with Crippen LogP contribution in [0.2, 0.25) is 0 Å². The van der Waals surface area contributed by atoms with Gasteiger partial charge in [0.05, 0.1) is 11.4 Å². The molecule has 2 nitrogen and oxygen atoms in total. The van der Waals surface area contributed by atoms with Crippen molar-refractivity contribution in [3.05, 3.63) is 23.8 Å². The number of benzene rings is 1. The average molecular weight is 192 g/mol. The van der Waals surface area contributed by atoms with Crippen LogP contribution < -0.4 is 11.1 Å². The zero-order valence-electron chi connectivity index (χ0n) is 9.52. The van der Waals surface area contributed by atoms with E-state index in [0.29, 0.717) is 0 Å². The summed E-state index contributed by atoms with van der Waals surface area (Å²) in [5.41, 5.74) is 9.22. The Labute approximate surface area is 86.5 Å². The second-order valence-corrected chi connectivity index (χ2v) is 5.00. The molecule has 0 aliphatic rings. The van der Waals surface area contributed by atoms with Crippen molar-refractivity contribution in [1.82, 2.24) is 0 Å². The molecule has 0 radical (unpaired) electrons. The summed E-state index contributed by atoms with van der Waals surface area (Å²) in [5, 5.41) is 3.36. The molecule has 0 saturated heterocycles. The van der Waals surface area contributed by atoms with Crippen LogP contribution in [0.25, 0.3) is 0 Å². The smallest absolute Gasteiger partial charge is 0.0574 e. The van der Waals surface area contributed by atoms with Gasteiger partial charge in [0.25, 0.3) is 0 Å². The summed E-state index contributed by atoms with van der Waals surface area (Å²) in [6.07, 6.45) is 0. The van der Waals surface area contributed by atoms with Crippen LogP contribution in [0.3, 0.4) is 0 Å². The van der Waals surface area contributed by atoms with Gasteiger partial charge in [-0.25, -0.2) is 0 Å². The first kappa shape index (κ1) is 10.9. The molecule has 0 bridgehead atoms. The second kappa shape index (κ2) is 3.91. The number of aryl methyl sites for hydroxylation is 1. The number of anilines is 2. The van der Waals surface area contributed by atoms with E-state index in [1.165, 1.54) is 5.56 Å². The number of rotatable bonds is 2. The maximum Gasteiger partial charge on any atom is 0.0574 e. The summed E-state index contributed by atoms with van der Waals surface area (Å²) in [6, 6.07) is 6.10. The molecule has 78 valence electrons. The quantitative estimate of drug-likeness (QED) is 0.707. The van der Waals surface area contributed by atoms with E-state index in [2.05, 4.69) is 32.2 Å². The Hall–Kier alpha value is -1.18. The molecule has 1 aromatic rings. The number of nitrogens with one attached hydrogen (secondary N) is 1. The molecule has 0 saturated carbocycles. The molecular weight excluding hydrogens is 172 g/mol. The Morgan fingerprint density at radius 2 is 1.93 bits per heavy atom. The molecule has 0 unspecified atom stereocenters. The number of hydrogen-bond acceptors (Lipinski definition) is 2. The number of nitrogen functional groups attached to an aromatic ring is 1. The van der Waals surface area contributed by atoms with E-state index in [4.69, 9.17) is 5.73 Å². The third-order valence-corrected chi connectivity index (χ3v) is 2.02. The largest absolute Gasteiger partial charge is 0.397 e. The van der Waals surface area contributed by atoms with Crippen LogP contribution in [0.5, 0.6) is 0 Å². The second-order valence-electron chi connectivity index (χ2n) is 5.00. The van der Waals surface area contributed by atoms with Crippen molar-refractivity contribution in [3.8, 4) is 0 Å². The topological polar surface area (TPSA) is 38.0 Å². The summed E-state index contributed by atoms with van der Waals surface area (Å²) in [5.74, 6) is 0. The van der Waals surface area contributed by atoms with Gasteiger partial charge in [-0.2, -0.15) is 0 Å². The zero-order valence-corrected chi connectivity index (χ0v) is 9.52. The fourth-order valence-corrected chi connectivity index (χ4v) is 1.20. The normalized spacial score (nSPS) is 11.4. The van der Waals surface area contributed by atoms with Crippen molar-refractivity contribution in [3.63, 3.8) is 0 Å². The van der Waals surface area contributed by atoms with E-state index < -0.39 is 0 Å². The summed E-state index contributed by atoms with van der Waals surface area (Å²) in [6.45, 7) is 9.57. The molecule has 0 atom stereocenters. The lowest BCUT2D eigenvalue weighted by Crippen LogP contribution is -2.19. The molecular formula is C12H20N2. The van der Waals surface area contributed by atoms with Crippen molar-refractivity contribution < 1.29 is 0 Å².